The number of carbonyl (C=O) groups excluding carboxylic acids is 1. The number of aromatic nitrogens is 2. The van der Waals surface area contributed by atoms with Gasteiger partial charge in [0.25, 0.3) is 5.91 Å². The molecule has 1 aromatic heterocycles. The Morgan fingerprint density at radius 3 is 2.75 bits per heavy atom. The fourth-order valence-corrected chi connectivity index (χ4v) is 2.48. The van der Waals surface area contributed by atoms with Gasteiger partial charge in [0.15, 0.2) is 0 Å². The van der Waals surface area contributed by atoms with Gasteiger partial charge in [-0.2, -0.15) is 0 Å². The number of carbonyl (C=O) groups is 1. The van der Waals surface area contributed by atoms with Crippen LogP contribution in [0.2, 0.25) is 0 Å². The predicted molar refractivity (Wildman–Crippen MR) is 82.6 cm³/mol. The molecule has 0 aliphatic heterocycles. The van der Waals surface area contributed by atoms with Crippen LogP contribution in [0.4, 0.5) is 10.8 Å². The molecule has 0 bridgehead atoms. The maximum absolute atomic E-state index is 12.3. The topological polar surface area (TPSA) is 66.9 Å². The van der Waals surface area contributed by atoms with Gasteiger partial charge in [0, 0.05) is 12.2 Å². The van der Waals surface area contributed by atoms with Crippen LogP contribution >= 0.6 is 11.3 Å². The van der Waals surface area contributed by atoms with E-state index in [1.807, 2.05) is 39.0 Å². The van der Waals surface area contributed by atoms with E-state index in [1.54, 1.807) is 0 Å². The summed E-state index contributed by atoms with van der Waals surface area (Å²) in [6, 6.07) is 5.77. The minimum atomic E-state index is -0.163. The summed E-state index contributed by atoms with van der Waals surface area (Å²) < 4.78 is 0. The van der Waals surface area contributed by atoms with E-state index in [-0.39, 0.29) is 5.91 Å². The average molecular weight is 290 g/mol. The first-order valence-corrected chi connectivity index (χ1v) is 7.44. The summed E-state index contributed by atoms with van der Waals surface area (Å²) in [5, 5.41) is 15.4. The normalized spacial score (nSPS) is 10.3. The fraction of sp³-hybridized carbons (Fsp3) is 0.357. The molecule has 0 fully saturated rings. The molecule has 0 aliphatic carbocycles. The second-order valence-electron chi connectivity index (χ2n) is 4.39. The number of aryl methyl sites for hydroxylation is 2. The predicted octanol–water partition coefficient (Wildman–Crippen LogP) is 3.09. The minimum Gasteiger partial charge on any atom is -0.385 e. The summed E-state index contributed by atoms with van der Waals surface area (Å²) in [5.74, 6) is -0.163. The smallest absolute Gasteiger partial charge is 0.259 e. The van der Waals surface area contributed by atoms with E-state index in [4.69, 9.17) is 0 Å². The minimum absolute atomic E-state index is 0.163. The van der Waals surface area contributed by atoms with Crippen molar-refractivity contribution in [3.8, 4) is 0 Å². The lowest BCUT2D eigenvalue weighted by Gasteiger charge is -2.10. The number of amides is 1. The number of nitrogens with zero attached hydrogens (tertiary/aromatic N) is 2. The summed E-state index contributed by atoms with van der Waals surface area (Å²) in [4.78, 5) is 12.3. The van der Waals surface area contributed by atoms with Crippen LogP contribution in [0.1, 0.15) is 34.8 Å². The van der Waals surface area contributed by atoms with E-state index in [2.05, 4.69) is 20.8 Å². The zero-order chi connectivity index (χ0) is 14.5. The van der Waals surface area contributed by atoms with Crippen molar-refractivity contribution in [1.29, 1.82) is 0 Å². The van der Waals surface area contributed by atoms with Gasteiger partial charge in [-0.05, 0) is 32.4 Å². The summed E-state index contributed by atoms with van der Waals surface area (Å²) in [7, 11) is 0. The standard InChI is InChI=1S/C14H18N4OS/c1-4-12-17-18-14(20-12)16-13(19)10-8-9(3)6-7-11(10)15-5-2/h6-8,15H,4-5H2,1-3H3,(H,16,18,19). The molecule has 5 nitrogen and oxygen atoms in total. The fourth-order valence-electron chi connectivity index (χ4n) is 1.80. The largest absolute Gasteiger partial charge is 0.385 e. The van der Waals surface area contributed by atoms with Gasteiger partial charge in [0.05, 0.1) is 5.56 Å². The first kappa shape index (κ1) is 14.5. The van der Waals surface area contributed by atoms with Gasteiger partial charge in [-0.3, -0.25) is 10.1 Å². The van der Waals surface area contributed by atoms with Crippen LogP contribution in [-0.4, -0.2) is 22.6 Å². The zero-order valence-electron chi connectivity index (χ0n) is 11.9. The molecule has 1 aromatic carbocycles. The molecule has 1 amide bonds. The second kappa shape index (κ2) is 6.47. The molecular weight excluding hydrogens is 272 g/mol. The highest BCUT2D eigenvalue weighted by Crippen LogP contribution is 2.21. The van der Waals surface area contributed by atoms with Crippen LogP contribution in [0.5, 0.6) is 0 Å². The van der Waals surface area contributed by atoms with Crippen molar-refractivity contribution in [3.05, 3.63) is 34.3 Å². The van der Waals surface area contributed by atoms with E-state index in [1.165, 1.54) is 11.3 Å². The van der Waals surface area contributed by atoms with Crippen molar-refractivity contribution < 1.29 is 4.79 Å². The number of benzene rings is 1. The van der Waals surface area contributed by atoms with Crippen LogP contribution < -0.4 is 10.6 Å². The van der Waals surface area contributed by atoms with E-state index in [0.717, 1.165) is 29.2 Å². The Morgan fingerprint density at radius 1 is 1.30 bits per heavy atom. The van der Waals surface area contributed by atoms with Crippen molar-refractivity contribution in [2.75, 3.05) is 17.2 Å². The lowest BCUT2D eigenvalue weighted by Crippen LogP contribution is -2.15. The van der Waals surface area contributed by atoms with Gasteiger partial charge in [-0.25, -0.2) is 0 Å². The van der Waals surface area contributed by atoms with Crippen molar-refractivity contribution in [3.63, 3.8) is 0 Å². The first-order chi connectivity index (χ1) is 9.63. The van der Waals surface area contributed by atoms with Gasteiger partial charge < -0.3 is 5.32 Å². The molecule has 0 saturated carbocycles. The van der Waals surface area contributed by atoms with Gasteiger partial charge in [0.1, 0.15) is 5.01 Å². The molecule has 6 heteroatoms. The number of hydrogen-bond donors (Lipinski definition) is 2. The summed E-state index contributed by atoms with van der Waals surface area (Å²) in [6.45, 7) is 6.74. The third kappa shape index (κ3) is 3.33. The number of nitrogens with one attached hydrogen (secondary N) is 2. The Hall–Kier alpha value is -1.95. The second-order valence-corrected chi connectivity index (χ2v) is 5.45. The zero-order valence-corrected chi connectivity index (χ0v) is 12.7. The van der Waals surface area contributed by atoms with E-state index >= 15 is 0 Å². The number of hydrogen-bond acceptors (Lipinski definition) is 5. The highest BCUT2D eigenvalue weighted by Gasteiger charge is 2.13. The molecular formula is C14H18N4OS. The molecule has 0 radical (unpaired) electrons. The summed E-state index contributed by atoms with van der Waals surface area (Å²) in [6.07, 6.45) is 0.820. The molecule has 0 spiro atoms. The van der Waals surface area contributed by atoms with Gasteiger partial charge in [0.2, 0.25) is 5.13 Å². The highest BCUT2D eigenvalue weighted by atomic mass is 32.1. The van der Waals surface area contributed by atoms with Crippen molar-refractivity contribution in [2.24, 2.45) is 0 Å². The van der Waals surface area contributed by atoms with Crippen molar-refractivity contribution in [1.82, 2.24) is 10.2 Å². The molecule has 0 saturated heterocycles. The Kier molecular flexibility index (Phi) is 4.68. The monoisotopic (exact) mass is 290 g/mol. The summed E-state index contributed by atoms with van der Waals surface area (Å²) >= 11 is 1.40. The highest BCUT2D eigenvalue weighted by molar-refractivity contribution is 7.15. The Balaban J connectivity index is 2.21. The van der Waals surface area contributed by atoms with Crippen LogP contribution in [0.15, 0.2) is 18.2 Å². The van der Waals surface area contributed by atoms with Crippen LogP contribution in [-0.2, 0) is 6.42 Å². The maximum atomic E-state index is 12.3. The van der Waals surface area contributed by atoms with E-state index < -0.39 is 0 Å². The summed E-state index contributed by atoms with van der Waals surface area (Å²) in [5.41, 5.74) is 2.50. The van der Waals surface area contributed by atoms with Crippen LogP contribution in [0, 0.1) is 6.92 Å². The van der Waals surface area contributed by atoms with E-state index in [9.17, 15) is 4.79 Å². The van der Waals surface area contributed by atoms with Gasteiger partial charge in [-0.1, -0.05) is 29.9 Å². The molecule has 106 valence electrons. The van der Waals surface area contributed by atoms with Crippen molar-refractivity contribution in [2.45, 2.75) is 27.2 Å². The number of rotatable bonds is 5. The quantitative estimate of drug-likeness (QED) is 0.888. The van der Waals surface area contributed by atoms with Gasteiger partial charge >= 0.3 is 0 Å². The third-order valence-electron chi connectivity index (χ3n) is 2.78. The van der Waals surface area contributed by atoms with Gasteiger partial charge in [-0.15, -0.1) is 10.2 Å². The Bertz CT molecular complexity index is 609. The molecule has 2 rings (SSSR count). The Morgan fingerprint density at radius 2 is 2.10 bits per heavy atom. The molecule has 0 unspecified atom stereocenters. The molecule has 2 N–H and O–H groups in total. The van der Waals surface area contributed by atoms with Crippen LogP contribution in [0.25, 0.3) is 0 Å². The maximum Gasteiger partial charge on any atom is 0.259 e. The number of anilines is 2. The molecule has 0 atom stereocenters. The average Bonchev–Trinajstić information content (AvgIpc) is 2.88. The molecule has 20 heavy (non-hydrogen) atoms. The Labute approximate surface area is 122 Å². The molecule has 0 aliphatic rings. The first-order valence-electron chi connectivity index (χ1n) is 6.62. The van der Waals surface area contributed by atoms with Crippen molar-refractivity contribution >= 4 is 28.1 Å². The molecule has 1 heterocycles. The van der Waals surface area contributed by atoms with E-state index in [0.29, 0.717) is 10.7 Å². The third-order valence-corrected chi connectivity index (χ3v) is 3.76. The lowest BCUT2D eigenvalue weighted by atomic mass is 10.1. The SMILES string of the molecule is CCNc1ccc(C)cc1C(=O)Nc1nnc(CC)s1. The molecule has 2 aromatic rings. The van der Waals surface area contributed by atoms with Crippen LogP contribution in [0.3, 0.4) is 0 Å². The lowest BCUT2D eigenvalue weighted by molar-refractivity contribution is 0.102.